The van der Waals surface area contributed by atoms with Crippen LogP contribution in [0.2, 0.25) is 0 Å². The average molecular weight is 351 g/mol. The van der Waals surface area contributed by atoms with Crippen LogP contribution in [0, 0.1) is 6.92 Å². The van der Waals surface area contributed by atoms with Gasteiger partial charge in [0.15, 0.2) is 5.82 Å². The summed E-state index contributed by atoms with van der Waals surface area (Å²) >= 11 is 0. The first kappa shape index (κ1) is 15.9. The number of halogens is 3. The Balaban J connectivity index is 1.72. The van der Waals surface area contributed by atoms with Crippen molar-refractivity contribution in [2.24, 2.45) is 0 Å². The van der Waals surface area contributed by atoms with Gasteiger partial charge in [-0.3, -0.25) is 9.78 Å². The lowest BCUT2D eigenvalue weighted by atomic mass is 9.95. The number of rotatable bonds is 3. The molecule has 0 spiro atoms. The van der Waals surface area contributed by atoms with E-state index in [1.54, 1.807) is 13.1 Å². The summed E-state index contributed by atoms with van der Waals surface area (Å²) in [6.45, 7) is 1.29. The molecular weight excluding hydrogens is 335 g/mol. The number of hydrogen-bond acceptors (Lipinski definition) is 4. The van der Waals surface area contributed by atoms with E-state index in [9.17, 15) is 13.2 Å². The summed E-state index contributed by atoms with van der Waals surface area (Å²) in [7, 11) is 0. The number of nitrogens with one attached hydrogen (secondary N) is 1. The molecule has 1 aliphatic rings. The maximum Gasteiger partial charge on any atom is 0.408 e. The van der Waals surface area contributed by atoms with E-state index in [-0.39, 0.29) is 11.7 Å². The number of alkyl halides is 3. The standard InChI is InChI=1S/C15H16F3N7/c1-9-12(7-19-22-9)13-21-14(25(23-13)8-15(16,17)18)10-3-5-24-11(6-10)2-4-20-24/h2,4,7,10H,3,5-6,8H2,1H3,(H,19,22). The largest absolute Gasteiger partial charge is 0.408 e. The minimum Gasteiger partial charge on any atom is -0.282 e. The Morgan fingerprint density at radius 1 is 1.36 bits per heavy atom. The van der Waals surface area contributed by atoms with Crippen LogP contribution in [0.1, 0.15) is 29.6 Å². The second-order valence-corrected chi connectivity index (χ2v) is 6.21. The molecule has 0 bridgehead atoms. The highest BCUT2D eigenvalue weighted by atomic mass is 19.4. The van der Waals surface area contributed by atoms with Crippen LogP contribution in [-0.2, 0) is 19.5 Å². The molecule has 1 N–H and O–H groups in total. The first-order valence-electron chi connectivity index (χ1n) is 7.93. The lowest BCUT2D eigenvalue weighted by Gasteiger charge is -2.23. The van der Waals surface area contributed by atoms with Gasteiger partial charge < -0.3 is 0 Å². The predicted molar refractivity (Wildman–Crippen MR) is 81.7 cm³/mol. The van der Waals surface area contributed by atoms with E-state index < -0.39 is 12.7 Å². The summed E-state index contributed by atoms with van der Waals surface area (Å²) in [4.78, 5) is 4.44. The number of H-pyrrole nitrogens is 1. The second kappa shape index (κ2) is 5.71. The molecule has 0 fully saturated rings. The molecule has 4 heterocycles. The molecular formula is C15H16F3N7. The molecule has 0 saturated heterocycles. The molecule has 132 valence electrons. The van der Waals surface area contributed by atoms with E-state index in [4.69, 9.17) is 0 Å². The lowest BCUT2D eigenvalue weighted by molar-refractivity contribution is -0.143. The molecule has 0 aromatic carbocycles. The van der Waals surface area contributed by atoms with Crippen LogP contribution >= 0.6 is 0 Å². The zero-order chi connectivity index (χ0) is 17.6. The molecule has 4 rings (SSSR count). The lowest BCUT2D eigenvalue weighted by Crippen LogP contribution is -2.25. The zero-order valence-electron chi connectivity index (χ0n) is 13.5. The maximum atomic E-state index is 13.0. The molecule has 3 aromatic rings. The molecule has 25 heavy (non-hydrogen) atoms. The van der Waals surface area contributed by atoms with Gasteiger partial charge in [0.2, 0.25) is 0 Å². The van der Waals surface area contributed by atoms with Gasteiger partial charge in [0, 0.05) is 30.0 Å². The Morgan fingerprint density at radius 3 is 2.92 bits per heavy atom. The third kappa shape index (κ3) is 3.03. The van der Waals surface area contributed by atoms with Gasteiger partial charge in [-0.25, -0.2) is 9.67 Å². The van der Waals surface area contributed by atoms with Crippen molar-refractivity contribution in [3.63, 3.8) is 0 Å². The number of aryl methyl sites for hydroxylation is 2. The van der Waals surface area contributed by atoms with Gasteiger partial charge in [0.25, 0.3) is 0 Å². The van der Waals surface area contributed by atoms with Gasteiger partial charge in [-0.15, -0.1) is 0 Å². The SMILES string of the molecule is Cc1[nH]ncc1-c1nc(C2CCn3nccc3C2)n(CC(F)(F)F)n1. The summed E-state index contributed by atoms with van der Waals surface area (Å²) < 4.78 is 41.8. The summed E-state index contributed by atoms with van der Waals surface area (Å²) in [6.07, 6.45) is 0.151. The Bertz CT molecular complexity index is 889. The van der Waals surface area contributed by atoms with Crippen molar-refractivity contribution in [2.75, 3.05) is 0 Å². The topological polar surface area (TPSA) is 77.2 Å². The van der Waals surface area contributed by atoms with Gasteiger partial charge in [0.05, 0.1) is 11.8 Å². The molecule has 3 aromatic heterocycles. The molecule has 0 aliphatic carbocycles. The third-order valence-corrected chi connectivity index (χ3v) is 4.41. The molecule has 0 radical (unpaired) electrons. The van der Waals surface area contributed by atoms with Crippen LogP contribution in [-0.4, -0.2) is 40.9 Å². The van der Waals surface area contributed by atoms with Crippen molar-refractivity contribution >= 4 is 0 Å². The number of nitrogens with zero attached hydrogens (tertiary/aromatic N) is 6. The maximum absolute atomic E-state index is 13.0. The van der Waals surface area contributed by atoms with Gasteiger partial charge in [-0.2, -0.15) is 28.5 Å². The van der Waals surface area contributed by atoms with Crippen molar-refractivity contribution in [2.45, 2.75) is 44.9 Å². The molecule has 1 atom stereocenters. The van der Waals surface area contributed by atoms with Gasteiger partial charge in [-0.1, -0.05) is 0 Å². The first-order valence-corrected chi connectivity index (χ1v) is 7.93. The number of fused-ring (bicyclic) bond motifs is 1. The number of aromatic amines is 1. The van der Waals surface area contributed by atoms with E-state index in [1.165, 1.54) is 6.20 Å². The normalized spacial score (nSPS) is 17.7. The van der Waals surface area contributed by atoms with Crippen LogP contribution in [0.5, 0.6) is 0 Å². The Kier molecular flexibility index (Phi) is 3.62. The van der Waals surface area contributed by atoms with Crippen molar-refractivity contribution in [1.29, 1.82) is 0 Å². The fraction of sp³-hybridized carbons (Fsp3) is 0.467. The van der Waals surface area contributed by atoms with E-state index in [2.05, 4.69) is 25.4 Å². The number of aromatic nitrogens is 7. The van der Waals surface area contributed by atoms with Crippen LogP contribution in [0.25, 0.3) is 11.4 Å². The fourth-order valence-corrected chi connectivity index (χ4v) is 3.22. The molecule has 1 aliphatic heterocycles. The highest BCUT2D eigenvalue weighted by molar-refractivity contribution is 5.56. The van der Waals surface area contributed by atoms with Gasteiger partial charge >= 0.3 is 6.18 Å². The van der Waals surface area contributed by atoms with E-state index in [1.807, 2.05) is 10.7 Å². The Morgan fingerprint density at radius 2 is 2.20 bits per heavy atom. The third-order valence-electron chi connectivity index (χ3n) is 4.41. The molecule has 10 heteroatoms. The minimum absolute atomic E-state index is 0.125. The highest BCUT2D eigenvalue weighted by Gasteiger charge is 2.33. The molecule has 0 saturated carbocycles. The van der Waals surface area contributed by atoms with E-state index in [0.717, 1.165) is 16.1 Å². The first-order chi connectivity index (χ1) is 11.9. The van der Waals surface area contributed by atoms with E-state index >= 15 is 0 Å². The average Bonchev–Trinajstić information content (AvgIpc) is 3.23. The molecule has 0 amide bonds. The van der Waals surface area contributed by atoms with Crippen molar-refractivity contribution in [3.8, 4) is 11.4 Å². The molecule has 7 nitrogen and oxygen atoms in total. The van der Waals surface area contributed by atoms with Crippen LogP contribution in [0.15, 0.2) is 18.5 Å². The van der Waals surface area contributed by atoms with Crippen molar-refractivity contribution < 1.29 is 13.2 Å². The van der Waals surface area contributed by atoms with Gasteiger partial charge in [0.1, 0.15) is 12.4 Å². The van der Waals surface area contributed by atoms with Crippen LogP contribution in [0.4, 0.5) is 13.2 Å². The van der Waals surface area contributed by atoms with Crippen LogP contribution in [0.3, 0.4) is 0 Å². The van der Waals surface area contributed by atoms with Crippen LogP contribution < -0.4 is 0 Å². The number of hydrogen-bond donors (Lipinski definition) is 1. The monoisotopic (exact) mass is 351 g/mol. The zero-order valence-corrected chi connectivity index (χ0v) is 13.5. The van der Waals surface area contributed by atoms with Crippen molar-refractivity contribution in [3.05, 3.63) is 35.7 Å². The molecule has 1 unspecified atom stereocenters. The Hall–Kier alpha value is -2.65. The summed E-state index contributed by atoms with van der Waals surface area (Å²) in [5.41, 5.74) is 2.33. The Labute approximate surface area is 140 Å². The summed E-state index contributed by atoms with van der Waals surface area (Å²) in [5.74, 6) is 0.505. The smallest absolute Gasteiger partial charge is 0.282 e. The second-order valence-electron chi connectivity index (χ2n) is 6.21. The summed E-state index contributed by atoms with van der Waals surface area (Å²) in [5, 5.41) is 15.0. The van der Waals surface area contributed by atoms with Gasteiger partial charge in [-0.05, 0) is 25.8 Å². The fourth-order valence-electron chi connectivity index (χ4n) is 3.22. The minimum atomic E-state index is -4.36. The quantitative estimate of drug-likeness (QED) is 0.786. The van der Waals surface area contributed by atoms with E-state index in [0.29, 0.717) is 30.8 Å². The van der Waals surface area contributed by atoms with Crippen molar-refractivity contribution in [1.82, 2.24) is 34.7 Å². The predicted octanol–water partition coefficient (Wildman–Crippen LogP) is 2.47. The summed E-state index contributed by atoms with van der Waals surface area (Å²) in [6, 6.07) is 1.89. The highest BCUT2D eigenvalue weighted by Crippen LogP contribution is 2.31.